The van der Waals surface area contributed by atoms with Gasteiger partial charge in [0, 0.05) is 25.1 Å². The van der Waals surface area contributed by atoms with E-state index in [9.17, 15) is 9.90 Å². The average molecular weight is 380 g/mol. The first-order valence-electron chi connectivity index (χ1n) is 10.4. The van der Waals surface area contributed by atoms with Gasteiger partial charge < -0.3 is 19.5 Å². The molecule has 1 saturated carbocycles. The molecule has 5 aliphatic heterocycles. The molecule has 1 spiro atoms. The lowest BCUT2D eigenvalue weighted by atomic mass is 9.52. The summed E-state index contributed by atoms with van der Waals surface area (Å²) in [7, 11) is 1.66. The lowest BCUT2D eigenvalue weighted by molar-refractivity contribution is -0.197. The Morgan fingerprint density at radius 2 is 2.25 bits per heavy atom. The molecule has 5 heterocycles. The van der Waals surface area contributed by atoms with Crippen LogP contribution < -0.4 is 9.64 Å². The predicted molar refractivity (Wildman–Crippen MR) is 101 cm³/mol. The number of nitrogens with zero attached hydrogens (tertiary/aromatic N) is 2. The van der Waals surface area contributed by atoms with Crippen molar-refractivity contribution in [3.8, 4) is 5.75 Å². The van der Waals surface area contributed by atoms with Crippen LogP contribution in [-0.2, 0) is 14.9 Å². The van der Waals surface area contributed by atoms with Crippen molar-refractivity contribution in [3.05, 3.63) is 35.4 Å². The summed E-state index contributed by atoms with van der Waals surface area (Å²) in [6, 6.07) is 6.02. The lowest BCUT2D eigenvalue weighted by Gasteiger charge is -2.62. The van der Waals surface area contributed by atoms with E-state index in [1.807, 2.05) is 17.0 Å². The highest BCUT2D eigenvalue weighted by molar-refractivity contribution is 5.99. The van der Waals surface area contributed by atoms with Gasteiger partial charge in [0.2, 0.25) is 5.91 Å². The van der Waals surface area contributed by atoms with E-state index in [1.54, 1.807) is 7.11 Å². The fraction of sp³-hybridized carbons (Fsp3) is 0.591. The normalized spacial score (nSPS) is 44.9. The Hall–Kier alpha value is -1.89. The standard InChI is InChI=1S/C22H24N2O4/c1-27-13-2-3-15-16(8-13)24-18(25)9-17-19-14-10-22(26)21(15,20(19)24)5-6-23(22)11-12(14)4-7-28-17/h2-4,8,14,17,19-20,26H,5-7,9-11H2,1H3/t14-,17-,19-,20-,21-,22+/m0/s1. The Balaban J connectivity index is 1.55. The number of hydrogen-bond acceptors (Lipinski definition) is 5. The van der Waals surface area contributed by atoms with Gasteiger partial charge in [0.1, 0.15) is 11.5 Å². The molecule has 0 unspecified atom stereocenters. The molecule has 146 valence electrons. The number of fused-ring (bicyclic) bond motifs is 2. The van der Waals surface area contributed by atoms with E-state index in [-0.39, 0.29) is 29.9 Å². The molecule has 6 nitrogen and oxygen atoms in total. The Morgan fingerprint density at radius 3 is 3.11 bits per heavy atom. The monoisotopic (exact) mass is 380 g/mol. The zero-order valence-corrected chi connectivity index (χ0v) is 15.9. The average Bonchev–Trinajstić information content (AvgIpc) is 3.11. The summed E-state index contributed by atoms with van der Waals surface area (Å²) in [6.45, 7) is 2.26. The van der Waals surface area contributed by atoms with Crippen molar-refractivity contribution in [2.75, 3.05) is 31.7 Å². The fourth-order valence-corrected chi connectivity index (χ4v) is 7.68. The Labute approximate surface area is 163 Å². The first-order chi connectivity index (χ1) is 13.6. The molecule has 1 N–H and O–H groups in total. The maximum absolute atomic E-state index is 13.4. The number of anilines is 1. The van der Waals surface area contributed by atoms with Gasteiger partial charge in [-0.3, -0.25) is 9.69 Å². The lowest BCUT2D eigenvalue weighted by Crippen LogP contribution is -2.74. The number of piperidine rings is 2. The SMILES string of the molecule is COc1ccc2c(c1)N1C(=O)C[C@@H]3OCC=C4CN5CC[C@@]26[C@@H]1[C@H]3[C@H]4C[C@]56O. The molecule has 0 radical (unpaired) electrons. The van der Waals surface area contributed by atoms with Gasteiger partial charge >= 0.3 is 0 Å². The van der Waals surface area contributed by atoms with Crippen LogP contribution in [0.3, 0.4) is 0 Å². The molecule has 7 rings (SSSR count). The smallest absolute Gasteiger partial charge is 0.229 e. The van der Waals surface area contributed by atoms with Crippen LogP contribution in [0.15, 0.2) is 29.8 Å². The first kappa shape index (κ1) is 16.0. The molecule has 1 aliphatic carbocycles. The molecule has 3 saturated heterocycles. The van der Waals surface area contributed by atoms with Crippen LogP contribution in [0.4, 0.5) is 5.69 Å². The van der Waals surface area contributed by atoms with Crippen LogP contribution in [0.5, 0.6) is 5.75 Å². The summed E-state index contributed by atoms with van der Waals surface area (Å²) in [6.07, 6.45) is 4.20. The van der Waals surface area contributed by atoms with E-state index in [0.717, 1.165) is 42.9 Å². The van der Waals surface area contributed by atoms with Gasteiger partial charge in [0.05, 0.1) is 43.4 Å². The van der Waals surface area contributed by atoms with Crippen molar-refractivity contribution in [2.45, 2.75) is 42.5 Å². The minimum Gasteiger partial charge on any atom is -0.497 e. The largest absolute Gasteiger partial charge is 0.497 e. The minimum absolute atomic E-state index is 0.0450. The van der Waals surface area contributed by atoms with Gasteiger partial charge in [-0.1, -0.05) is 17.7 Å². The molecular weight excluding hydrogens is 356 g/mol. The molecule has 1 amide bonds. The second-order valence-electron chi connectivity index (χ2n) is 9.29. The maximum atomic E-state index is 13.4. The van der Waals surface area contributed by atoms with Crippen molar-refractivity contribution in [2.24, 2.45) is 11.8 Å². The molecule has 1 aromatic carbocycles. The van der Waals surface area contributed by atoms with Crippen molar-refractivity contribution >= 4 is 11.6 Å². The zero-order valence-electron chi connectivity index (χ0n) is 15.9. The molecule has 4 fully saturated rings. The summed E-state index contributed by atoms with van der Waals surface area (Å²) in [5.74, 6) is 1.40. The van der Waals surface area contributed by atoms with Crippen molar-refractivity contribution < 1.29 is 19.4 Å². The quantitative estimate of drug-likeness (QED) is 0.747. The number of rotatable bonds is 1. The predicted octanol–water partition coefficient (Wildman–Crippen LogP) is 1.42. The third kappa shape index (κ3) is 1.49. The van der Waals surface area contributed by atoms with Gasteiger partial charge in [-0.2, -0.15) is 0 Å². The third-order valence-electron chi connectivity index (χ3n) is 8.65. The number of aliphatic hydroxyl groups is 1. The fourth-order valence-electron chi connectivity index (χ4n) is 7.68. The van der Waals surface area contributed by atoms with Crippen LogP contribution in [0.1, 0.15) is 24.8 Å². The van der Waals surface area contributed by atoms with Gasteiger partial charge in [0.25, 0.3) is 0 Å². The maximum Gasteiger partial charge on any atom is 0.229 e. The highest BCUT2D eigenvalue weighted by atomic mass is 16.5. The molecule has 6 heteroatoms. The molecule has 6 aliphatic rings. The zero-order chi connectivity index (χ0) is 18.8. The van der Waals surface area contributed by atoms with Crippen LogP contribution in [0.25, 0.3) is 0 Å². The summed E-state index contributed by atoms with van der Waals surface area (Å²) in [5, 5.41) is 12.2. The van der Waals surface area contributed by atoms with Crippen molar-refractivity contribution in [3.63, 3.8) is 0 Å². The number of amides is 1. The van der Waals surface area contributed by atoms with Crippen LogP contribution in [0, 0.1) is 11.8 Å². The summed E-state index contributed by atoms with van der Waals surface area (Å²) < 4.78 is 11.7. The van der Waals surface area contributed by atoms with E-state index in [2.05, 4.69) is 17.0 Å². The summed E-state index contributed by atoms with van der Waals surface area (Å²) in [5.41, 5.74) is 2.11. The summed E-state index contributed by atoms with van der Waals surface area (Å²) >= 11 is 0. The second-order valence-corrected chi connectivity index (χ2v) is 9.29. The molecule has 28 heavy (non-hydrogen) atoms. The van der Waals surface area contributed by atoms with Gasteiger partial charge in [-0.15, -0.1) is 0 Å². The number of methoxy groups -OCH3 is 1. The Morgan fingerprint density at radius 1 is 1.36 bits per heavy atom. The Bertz CT molecular complexity index is 960. The van der Waals surface area contributed by atoms with Crippen molar-refractivity contribution in [1.29, 1.82) is 0 Å². The number of carbonyl (C=O) groups is 1. The van der Waals surface area contributed by atoms with Gasteiger partial charge in [-0.25, -0.2) is 0 Å². The topological polar surface area (TPSA) is 62.2 Å². The molecule has 2 bridgehead atoms. The number of carbonyl (C=O) groups excluding carboxylic acids is 1. The second kappa shape index (κ2) is 4.81. The van der Waals surface area contributed by atoms with E-state index >= 15 is 0 Å². The van der Waals surface area contributed by atoms with Crippen LogP contribution in [-0.4, -0.2) is 60.6 Å². The summed E-state index contributed by atoms with van der Waals surface area (Å²) in [4.78, 5) is 17.6. The van der Waals surface area contributed by atoms with E-state index in [1.165, 1.54) is 5.57 Å². The first-order valence-corrected chi connectivity index (χ1v) is 10.4. The molecule has 6 atom stereocenters. The van der Waals surface area contributed by atoms with Gasteiger partial charge in [-0.05, 0) is 30.4 Å². The molecular formula is C22H24N2O4. The third-order valence-corrected chi connectivity index (χ3v) is 8.65. The van der Waals surface area contributed by atoms with Crippen LogP contribution >= 0.6 is 0 Å². The van der Waals surface area contributed by atoms with Crippen molar-refractivity contribution in [1.82, 2.24) is 4.90 Å². The highest BCUT2D eigenvalue weighted by Crippen LogP contribution is 2.69. The number of hydrogen-bond donors (Lipinski definition) is 1. The van der Waals surface area contributed by atoms with Gasteiger partial charge in [0.15, 0.2) is 0 Å². The van der Waals surface area contributed by atoms with E-state index in [4.69, 9.17) is 9.47 Å². The molecule has 0 aromatic heterocycles. The molecule has 1 aromatic rings. The van der Waals surface area contributed by atoms with E-state index < -0.39 is 11.1 Å². The minimum atomic E-state index is -0.902. The Kier molecular flexibility index (Phi) is 2.74. The number of ether oxygens (including phenoxy) is 2. The number of benzene rings is 1. The van der Waals surface area contributed by atoms with E-state index in [0.29, 0.717) is 13.0 Å². The highest BCUT2D eigenvalue weighted by Gasteiger charge is 2.76. The van der Waals surface area contributed by atoms with Crippen LogP contribution in [0.2, 0.25) is 0 Å².